The van der Waals surface area contributed by atoms with Crippen LogP contribution in [0.5, 0.6) is 0 Å². The highest BCUT2D eigenvalue weighted by atomic mass is 15.3. The van der Waals surface area contributed by atoms with E-state index in [-0.39, 0.29) is 5.41 Å². The number of rotatable bonds is 0. The minimum atomic E-state index is -0.0305. The molecule has 2 aromatic rings. The molecule has 4 heteroatoms. The van der Waals surface area contributed by atoms with Crippen molar-refractivity contribution in [3.8, 4) is 0 Å². The maximum Gasteiger partial charge on any atom is 0.0997 e. The Morgan fingerprint density at radius 3 is 2.64 bits per heavy atom. The van der Waals surface area contributed by atoms with Crippen LogP contribution in [0.2, 0.25) is 0 Å². The first-order valence-electron chi connectivity index (χ1n) is 4.52. The summed E-state index contributed by atoms with van der Waals surface area (Å²) in [6, 6.07) is 1.85. The Hall–Kier alpha value is -1.58. The van der Waals surface area contributed by atoms with Gasteiger partial charge in [-0.05, 0) is 11.3 Å². The summed E-state index contributed by atoms with van der Waals surface area (Å²) in [4.78, 5) is 4.08. The van der Waals surface area contributed by atoms with Gasteiger partial charge in [0.2, 0.25) is 0 Å². The molecule has 72 valence electrons. The summed E-state index contributed by atoms with van der Waals surface area (Å²) in [5.74, 6) is 0. The van der Waals surface area contributed by atoms with E-state index in [4.69, 9.17) is 0 Å². The third-order valence-electron chi connectivity index (χ3n) is 2.06. The van der Waals surface area contributed by atoms with Gasteiger partial charge < -0.3 is 0 Å². The van der Waals surface area contributed by atoms with Crippen LogP contribution in [-0.4, -0.2) is 20.4 Å². The summed E-state index contributed by atoms with van der Waals surface area (Å²) < 4.78 is 0. The highest BCUT2D eigenvalue weighted by Crippen LogP contribution is 2.25. The number of pyridine rings is 1. The van der Waals surface area contributed by atoms with E-state index in [1.807, 2.05) is 6.07 Å². The van der Waals surface area contributed by atoms with E-state index in [0.717, 1.165) is 16.6 Å². The summed E-state index contributed by atoms with van der Waals surface area (Å²) in [6.07, 6.45) is 3.50. The van der Waals surface area contributed by atoms with Gasteiger partial charge in [0, 0.05) is 23.2 Å². The van der Waals surface area contributed by atoms with Gasteiger partial charge in [-0.1, -0.05) is 20.8 Å². The third-order valence-corrected chi connectivity index (χ3v) is 2.06. The lowest BCUT2D eigenvalue weighted by molar-refractivity contribution is 0.559. The van der Waals surface area contributed by atoms with Gasteiger partial charge in [-0.3, -0.25) is 4.98 Å². The van der Waals surface area contributed by atoms with Crippen LogP contribution in [0.25, 0.3) is 10.9 Å². The van der Waals surface area contributed by atoms with Crippen LogP contribution < -0.4 is 0 Å². The van der Waals surface area contributed by atoms with Crippen molar-refractivity contribution in [3.63, 3.8) is 0 Å². The first-order valence-corrected chi connectivity index (χ1v) is 4.52. The number of hydrogen-bond acceptors (Lipinski definition) is 4. The smallest absolute Gasteiger partial charge is 0.0997 e. The van der Waals surface area contributed by atoms with Crippen LogP contribution >= 0.6 is 0 Å². The molecule has 0 aliphatic rings. The van der Waals surface area contributed by atoms with Crippen LogP contribution in [0.15, 0.2) is 18.5 Å². The summed E-state index contributed by atoms with van der Waals surface area (Å²) in [7, 11) is 0. The molecule has 0 N–H and O–H groups in total. The number of hydrogen-bond donors (Lipinski definition) is 0. The van der Waals surface area contributed by atoms with Gasteiger partial charge in [-0.15, -0.1) is 10.2 Å². The Morgan fingerprint density at radius 2 is 1.93 bits per heavy atom. The zero-order valence-electron chi connectivity index (χ0n) is 8.52. The maximum absolute atomic E-state index is 4.08. The lowest BCUT2D eigenvalue weighted by Gasteiger charge is -2.17. The molecule has 0 saturated carbocycles. The van der Waals surface area contributed by atoms with E-state index in [9.17, 15) is 0 Å². The van der Waals surface area contributed by atoms with Gasteiger partial charge in [-0.2, -0.15) is 0 Å². The first-order chi connectivity index (χ1) is 6.59. The number of aromatic nitrogens is 4. The van der Waals surface area contributed by atoms with E-state index in [1.54, 1.807) is 12.4 Å². The minimum Gasteiger partial charge on any atom is -0.264 e. The minimum absolute atomic E-state index is 0.0305. The van der Waals surface area contributed by atoms with Crippen molar-refractivity contribution in [1.29, 1.82) is 0 Å². The summed E-state index contributed by atoms with van der Waals surface area (Å²) in [5.41, 5.74) is 1.76. The Kier molecular flexibility index (Phi) is 1.91. The van der Waals surface area contributed by atoms with Gasteiger partial charge in [-0.25, -0.2) is 0 Å². The molecule has 0 bridgehead atoms. The molecule has 14 heavy (non-hydrogen) atoms. The van der Waals surface area contributed by atoms with Gasteiger partial charge >= 0.3 is 0 Å². The standard InChI is InChI=1S/C10H12N4/c1-10(2,3)9-7-6-11-5-4-8(7)12-14-13-9/h4-6H,1-3H3. The molecule has 4 nitrogen and oxygen atoms in total. The van der Waals surface area contributed by atoms with Crippen molar-refractivity contribution in [2.24, 2.45) is 0 Å². The Bertz CT molecular complexity index is 454. The molecule has 0 spiro atoms. The molecule has 2 rings (SSSR count). The van der Waals surface area contributed by atoms with E-state index in [1.165, 1.54) is 0 Å². The van der Waals surface area contributed by atoms with Crippen LogP contribution in [0.4, 0.5) is 0 Å². The zero-order chi connectivity index (χ0) is 10.2. The lowest BCUT2D eigenvalue weighted by Crippen LogP contribution is -2.15. The van der Waals surface area contributed by atoms with E-state index in [2.05, 4.69) is 41.2 Å². The maximum atomic E-state index is 4.08. The first kappa shape index (κ1) is 8.99. The molecule has 0 atom stereocenters. The largest absolute Gasteiger partial charge is 0.264 e. The molecule has 0 fully saturated rings. The fraction of sp³-hybridized carbons (Fsp3) is 0.400. The van der Waals surface area contributed by atoms with E-state index >= 15 is 0 Å². The van der Waals surface area contributed by atoms with Gasteiger partial charge in [0.15, 0.2) is 0 Å². The molecule has 0 unspecified atom stereocenters. The van der Waals surface area contributed by atoms with Crippen molar-refractivity contribution < 1.29 is 0 Å². The van der Waals surface area contributed by atoms with Crippen molar-refractivity contribution in [3.05, 3.63) is 24.2 Å². The van der Waals surface area contributed by atoms with Crippen molar-refractivity contribution in [2.75, 3.05) is 0 Å². The highest BCUT2D eigenvalue weighted by molar-refractivity contribution is 5.79. The van der Waals surface area contributed by atoms with Crippen molar-refractivity contribution >= 4 is 10.9 Å². The van der Waals surface area contributed by atoms with Crippen molar-refractivity contribution in [1.82, 2.24) is 20.4 Å². The van der Waals surface area contributed by atoms with Gasteiger partial charge in [0.25, 0.3) is 0 Å². The molecule has 0 amide bonds. The Morgan fingerprint density at radius 1 is 1.14 bits per heavy atom. The second-order valence-electron chi connectivity index (χ2n) is 4.28. The van der Waals surface area contributed by atoms with Crippen LogP contribution in [0.1, 0.15) is 26.5 Å². The van der Waals surface area contributed by atoms with Gasteiger partial charge in [0.1, 0.15) is 0 Å². The number of nitrogens with zero attached hydrogens (tertiary/aromatic N) is 4. The fourth-order valence-corrected chi connectivity index (χ4v) is 1.38. The van der Waals surface area contributed by atoms with E-state index in [0.29, 0.717) is 0 Å². The van der Waals surface area contributed by atoms with Crippen LogP contribution in [0, 0.1) is 0 Å². The molecule has 2 aromatic heterocycles. The van der Waals surface area contributed by atoms with Crippen LogP contribution in [-0.2, 0) is 5.41 Å². The SMILES string of the molecule is CC(C)(C)c1nnnc2ccncc12. The molecular weight excluding hydrogens is 176 g/mol. The average molecular weight is 188 g/mol. The summed E-state index contributed by atoms with van der Waals surface area (Å²) >= 11 is 0. The topological polar surface area (TPSA) is 51.6 Å². The fourth-order valence-electron chi connectivity index (χ4n) is 1.38. The highest BCUT2D eigenvalue weighted by Gasteiger charge is 2.19. The monoisotopic (exact) mass is 188 g/mol. The lowest BCUT2D eigenvalue weighted by atomic mass is 9.90. The third kappa shape index (κ3) is 1.43. The summed E-state index contributed by atoms with van der Waals surface area (Å²) in [5, 5.41) is 12.8. The second-order valence-corrected chi connectivity index (χ2v) is 4.28. The molecule has 0 aliphatic heterocycles. The molecule has 2 heterocycles. The molecule has 0 aliphatic carbocycles. The number of fused-ring (bicyclic) bond motifs is 1. The molecule has 0 radical (unpaired) electrons. The van der Waals surface area contributed by atoms with Crippen LogP contribution in [0.3, 0.4) is 0 Å². The Labute approximate surface area is 82.4 Å². The van der Waals surface area contributed by atoms with Gasteiger partial charge in [0.05, 0.1) is 11.2 Å². The second kappa shape index (κ2) is 2.97. The summed E-state index contributed by atoms with van der Waals surface area (Å²) in [6.45, 7) is 6.30. The predicted molar refractivity (Wildman–Crippen MR) is 53.8 cm³/mol. The predicted octanol–water partition coefficient (Wildman–Crippen LogP) is 1.72. The molecule has 0 aromatic carbocycles. The Balaban J connectivity index is 2.78. The quantitative estimate of drug-likeness (QED) is 0.631. The zero-order valence-corrected chi connectivity index (χ0v) is 8.52. The molecule has 0 saturated heterocycles. The molecular formula is C10H12N4. The normalized spacial score (nSPS) is 11.9. The van der Waals surface area contributed by atoms with Crippen molar-refractivity contribution in [2.45, 2.75) is 26.2 Å². The average Bonchev–Trinajstić information content (AvgIpc) is 2.15. The van der Waals surface area contributed by atoms with E-state index < -0.39 is 0 Å².